The van der Waals surface area contributed by atoms with Gasteiger partial charge in [0.05, 0.1) is 6.10 Å². The van der Waals surface area contributed by atoms with Gasteiger partial charge in [0.1, 0.15) is 0 Å². The molecule has 25 heavy (non-hydrogen) atoms. The molecule has 1 fully saturated rings. The van der Waals surface area contributed by atoms with Gasteiger partial charge < -0.3 is 20.3 Å². The van der Waals surface area contributed by atoms with Crippen molar-refractivity contribution in [2.45, 2.75) is 60.0 Å². The van der Waals surface area contributed by atoms with Gasteiger partial charge in [-0.25, -0.2) is 0 Å². The van der Waals surface area contributed by atoms with Crippen LogP contribution in [0.2, 0.25) is 0 Å². The number of guanidine groups is 1. The van der Waals surface area contributed by atoms with Gasteiger partial charge in [-0.05, 0) is 50.5 Å². The minimum atomic E-state index is 0.318. The van der Waals surface area contributed by atoms with E-state index < -0.39 is 0 Å². The SMILES string of the molecule is CCOC(CCNC(=NC)NCC1CCCN(CC(C)C)C1)C(C)C. The third-order valence-corrected chi connectivity index (χ3v) is 4.85. The molecule has 2 atom stereocenters. The number of aliphatic imine (C=N–C) groups is 1. The summed E-state index contributed by atoms with van der Waals surface area (Å²) in [5.41, 5.74) is 0. The first-order chi connectivity index (χ1) is 12.0. The van der Waals surface area contributed by atoms with Gasteiger partial charge in [-0.3, -0.25) is 4.99 Å². The van der Waals surface area contributed by atoms with E-state index in [0.29, 0.717) is 12.0 Å². The van der Waals surface area contributed by atoms with E-state index in [1.807, 2.05) is 7.05 Å². The number of ether oxygens (including phenoxy) is 1. The van der Waals surface area contributed by atoms with Crippen molar-refractivity contribution in [1.82, 2.24) is 15.5 Å². The number of nitrogens with zero attached hydrogens (tertiary/aromatic N) is 2. The van der Waals surface area contributed by atoms with Crippen molar-refractivity contribution in [3.05, 3.63) is 0 Å². The summed E-state index contributed by atoms with van der Waals surface area (Å²) in [7, 11) is 1.85. The van der Waals surface area contributed by atoms with Crippen LogP contribution in [0.15, 0.2) is 4.99 Å². The Labute approximate surface area is 156 Å². The lowest BCUT2D eigenvalue weighted by Crippen LogP contribution is -2.45. The highest BCUT2D eigenvalue weighted by Gasteiger charge is 2.20. The van der Waals surface area contributed by atoms with E-state index in [-0.39, 0.29) is 0 Å². The molecule has 0 aromatic carbocycles. The molecule has 0 aliphatic carbocycles. The normalized spacial score (nSPS) is 21.0. The summed E-state index contributed by atoms with van der Waals surface area (Å²) in [4.78, 5) is 6.98. The third-order valence-electron chi connectivity index (χ3n) is 4.85. The van der Waals surface area contributed by atoms with Crippen molar-refractivity contribution in [2.24, 2.45) is 22.7 Å². The fourth-order valence-corrected chi connectivity index (χ4v) is 3.62. The first-order valence-corrected chi connectivity index (χ1v) is 10.2. The Balaban J connectivity index is 2.29. The topological polar surface area (TPSA) is 48.9 Å². The highest BCUT2D eigenvalue weighted by molar-refractivity contribution is 5.79. The van der Waals surface area contributed by atoms with Gasteiger partial charge in [0.25, 0.3) is 0 Å². The van der Waals surface area contributed by atoms with Crippen LogP contribution in [0.4, 0.5) is 0 Å². The summed E-state index contributed by atoms with van der Waals surface area (Å²) in [6.07, 6.45) is 3.96. The van der Waals surface area contributed by atoms with Crippen molar-refractivity contribution in [3.63, 3.8) is 0 Å². The monoisotopic (exact) mass is 354 g/mol. The average molecular weight is 355 g/mol. The van der Waals surface area contributed by atoms with E-state index in [2.05, 4.69) is 55.1 Å². The lowest BCUT2D eigenvalue weighted by Gasteiger charge is -2.34. The maximum Gasteiger partial charge on any atom is 0.190 e. The number of nitrogens with one attached hydrogen (secondary N) is 2. The molecule has 5 heteroatoms. The first-order valence-electron chi connectivity index (χ1n) is 10.2. The minimum Gasteiger partial charge on any atom is -0.378 e. The zero-order chi connectivity index (χ0) is 18.7. The molecule has 0 saturated carbocycles. The number of hydrogen-bond donors (Lipinski definition) is 2. The standard InChI is InChI=1S/C20H42N4O/c1-7-25-19(17(4)5)10-11-22-20(21-6)23-13-18-9-8-12-24(15-18)14-16(2)3/h16-19H,7-15H2,1-6H3,(H2,21,22,23). The second kappa shape index (κ2) is 12.5. The number of piperidine rings is 1. The zero-order valence-electron chi connectivity index (χ0n) is 17.5. The number of likely N-dealkylation sites (tertiary alicyclic amines) is 1. The Morgan fingerprint density at radius 1 is 1.24 bits per heavy atom. The predicted octanol–water partition coefficient (Wildman–Crippen LogP) is 2.97. The molecule has 2 N–H and O–H groups in total. The Kier molecular flexibility index (Phi) is 11.1. The zero-order valence-corrected chi connectivity index (χ0v) is 17.5. The summed E-state index contributed by atoms with van der Waals surface area (Å²) < 4.78 is 5.81. The fraction of sp³-hybridized carbons (Fsp3) is 0.950. The Morgan fingerprint density at radius 2 is 2.00 bits per heavy atom. The van der Waals surface area contributed by atoms with Gasteiger partial charge >= 0.3 is 0 Å². The van der Waals surface area contributed by atoms with Crippen molar-refractivity contribution in [1.29, 1.82) is 0 Å². The van der Waals surface area contributed by atoms with Gasteiger partial charge in [-0.2, -0.15) is 0 Å². The lowest BCUT2D eigenvalue weighted by atomic mass is 9.97. The van der Waals surface area contributed by atoms with Crippen molar-refractivity contribution >= 4 is 5.96 Å². The highest BCUT2D eigenvalue weighted by atomic mass is 16.5. The molecule has 0 spiro atoms. The van der Waals surface area contributed by atoms with Gasteiger partial charge in [-0.15, -0.1) is 0 Å². The fourth-order valence-electron chi connectivity index (χ4n) is 3.62. The smallest absolute Gasteiger partial charge is 0.190 e. The van der Waals surface area contributed by atoms with Gasteiger partial charge in [-0.1, -0.05) is 27.7 Å². The van der Waals surface area contributed by atoms with Crippen LogP contribution in [0.3, 0.4) is 0 Å². The van der Waals surface area contributed by atoms with Crippen LogP contribution >= 0.6 is 0 Å². The molecule has 1 rings (SSSR count). The molecule has 0 radical (unpaired) electrons. The summed E-state index contributed by atoms with van der Waals surface area (Å²) >= 11 is 0. The van der Waals surface area contributed by atoms with E-state index >= 15 is 0 Å². The van der Waals surface area contributed by atoms with Crippen LogP contribution < -0.4 is 10.6 Å². The molecular weight excluding hydrogens is 312 g/mol. The van der Waals surface area contributed by atoms with Crippen molar-refractivity contribution in [2.75, 3.05) is 46.4 Å². The summed E-state index contributed by atoms with van der Waals surface area (Å²) in [5, 5.41) is 6.96. The minimum absolute atomic E-state index is 0.318. The molecule has 1 aliphatic heterocycles. The summed E-state index contributed by atoms with van der Waals surface area (Å²) in [5.74, 6) is 2.93. The van der Waals surface area contributed by atoms with Crippen LogP contribution in [0.1, 0.15) is 53.9 Å². The summed E-state index contributed by atoms with van der Waals surface area (Å²) in [6, 6.07) is 0. The molecule has 0 amide bonds. The van der Waals surface area contributed by atoms with Crippen LogP contribution in [-0.4, -0.2) is 63.3 Å². The summed E-state index contributed by atoms with van der Waals surface area (Å²) in [6.45, 7) is 17.5. The molecule has 148 valence electrons. The van der Waals surface area contributed by atoms with E-state index in [1.165, 1.54) is 32.5 Å². The quantitative estimate of drug-likeness (QED) is 0.468. The Morgan fingerprint density at radius 3 is 2.60 bits per heavy atom. The third kappa shape index (κ3) is 9.45. The average Bonchev–Trinajstić information content (AvgIpc) is 2.56. The highest BCUT2D eigenvalue weighted by Crippen LogP contribution is 2.16. The van der Waals surface area contributed by atoms with Crippen LogP contribution in [0.25, 0.3) is 0 Å². The lowest BCUT2D eigenvalue weighted by molar-refractivity contribution is 0.0258. The van der Waals surface area contributed by atoms with E-state index in [0.717, 1.165) is 43.9 Å². The predicted molar refractivity (Wildman–Crippen MR) is 108 cm³/mol. The van der Waals surface area contributed by atoms with Crippen LogP contribution in [-0.2, 0) is 4.74 Å². The maximum absolute atomic E-state index is 5.81. The maximum atomic E-state index is 5.81. The van der Waals surface area contributed by atoms with E-state index in [9.17, 15) is 0 Å². The van der Waals surface area contributed by atoms with Gasteiger partial charge in [0.15, 0.2) is 5.96 Å². The molecule has 0 aromatic heterocycles. The van der Waals surface area contributed by atoms with E-state index in [4.69, 9.17) is 4.74 Å². The largest absolute Gasteiger partial charge is 0.378 e. The first kappa shape index (κ1) is 22.2. The van der Waals surface area contributed by atoms with E-state index in [1.54, 1.807) is 0 Å². The molecule has 2 unspecified atom stereocenters. The Bertz CT molecular complexity index is 371. The molecular formula is C20H42N4O. The van der Waals surface area contributed by atoms with Gasteiger partial charge in [0.2, 0.25) is 0 Å². The number of rotatable bonds is 10. The molecule has 0 bridgehead atoms. The van der Waals surface area contributed by atoms with Crippen LogP contribution in [0, 0.1) is 17.8 Å². The molecule has 1 heterocycles. The Hall–Kier alpha value is -0.810. The van der Waals surface area contributed by atoms with Crippen molar-refractivity contribution in [3.8, 4) is 0 Å². The van der Waals surface area contributed by atoms with Crippen molar-refractivity contribution < 1.29 is 4.74 Å². The van der Waals surface area contributed by atoms with Gasteiger partial charge in [0, 0.05) is 39.8 Å². The number of hydrogen-bond acceptors (Lipinski definition) is 3. The second-order valence-corrected chi connectivity index (χ2v) is 8.07. The second-order valence-electron chi connectivity index (χ2n) is 8.07. The van der Waals surface area contributed by atoms with Crippen LogP contribution in [0.5, 0.6) is 0 Å². The molecule has 5 nitrogen and oxygen atoms in total. The molecule has 1 saturated heterocycles. The molecule has 1 aliphatic rings. The molecule has 0 aromatic rings.